The Kier molecular flexibility index (Phi) is 7.99. The Bertz CT molecular complexity index is 416. The monoisotopic (exact) mass is 366 g/mol. The second-order valence-corrected chi connectivity index (χ2v) is 5.75. The Labute approximate surface area is 134 Å². The highest BCUT2D eigenvalue weighted by Crippen LogP contribution is 2.30. The fraction of sp³-hybridized carbons (Fsp3) is 0.571. The Balaban J connectivity index is 0.00000200. The number of nitrogens with one attached hydrogen (secondary N) is 1. The summed E-state index contributed by atoms with van der Waals surface area (Å²) in [5.74, 6) is -0.162. The topological polar surface area (TPSA) is 35.5 Å². The second-order valence-electron chi connectivity index (χ2n) is 4.83. The van der Waals surface area contributed by atoms with E-state index in [4.69, 9.17) is 5.11 Å². The average Bonchev–Trinajstić information content (AvgIpc) is 2.44. The molecule has 1 fully saturated rings. The van der Waals surface area contributed by atoms with Crippen LogP contribution < -0.4 is 5.32 Å². The van der Waals surface area contributed by atoms with Gasteiger partial charge in [0.2, 0.25) is 0 Å². The summed E-state index contributed by atoms with van der Waals surface area (Å²) >= 11 is 3.41. The van der Waals surface area contributed by atoms with Gasteiger partial charge in [-0.05, 0) is 31.0 Å². The molecule has 1 heterocycles. The van der Waals surface area contributed by atoms with Gasteiger partial charge in [-0.3, -0.25) is 4.90 Å². The Morgan fingerprint density at radius 2 is 2.05 bits per heavy atom. The van der Waals surface area contributed by atoms with Gasteiger partial charge >= 0.3 is 0 Å². The van der Waals surface area contributed by atoms with E-state index in [9.17, 15) is 4.39 Å². The Morgan fingerprint density at radius 3 is 2.70 bits per heavy atom. The third-order valence-corrected chi connectivity index (χ3v) is 4.04. The minimum absolute atomic E-state index is 0. The van der Waals surface area contributed by atoms with Crippen LogP contribution in [0.2, 0.25) is 0 Å². The van der Waals surface area contributed by atoms with Crippen molar-refractivity contribution in [1.29, 1.82) is 0 Å². The molecule has 2 rings (SSSR count). The van der Waals surface area contributed by atoms with Crippen LogP contribution in [0.25, 0.3) is 0 Å². The van der Waals surface area contributed by atoms with Gasteiger partial charge in [-0.1, -0.05) is 15.9 Å². The zero-order valence-electron chi connectivity index (χ0n) is 11.3. The van der Waals surface area contributed by atoms with Crippen molar-refractivity contribution in [3.63, 3.8) is 0 Å². The average molecular weight is 368 g/mol. The van der Waals surface area contributed by atoms with Crippen LogP contribution in [0.3, 0.4) is 0 Å². The van der Waals surface area contributed by atoms with E-state index < -0.39 is 0 Å². The Hall–Kier alpha value is -0.200. The van der Waals surface area contributed by atoms with Crippen LogP contribution in [0, 0.1) is 5.82 Å². The fourth-order valence-electron chi connectivity index (χ4n) is 2.58. The molecular weight excluding hydrogens is 347 g/mol. The molecule has 1 aromatic rings. The van der Waals surface area contributed by atoms with Gasteiger partial charge < -0.3 is 10.4 Å². The highest BCUT2D eigenvalue weighted by molar-refractivity contribution is 9.10. The van der Waals surface area contributed by atoms with Crippen LogP contribution in [0.4, 0.5) is 4.39 Å². The van der Waals surface area contributed by atoms with Gasteiger partial charge in [0.25, 0.3) is 0 Å². The predicted octanol–water partition coefficient (Wildman–Crippen LogP) is 2.73. The molecule has 0 bridgehead atoms. The lowest BCUT2D eigenvalue weighted by molar-refractivity contribution is 0.151. The molecule has 0 amide bonds. The zero-order chi connectivity index (χ0) is 13.7. The molecular formula is C14H21BrClFN2O. The van der Waals surface area contributed by atoms with E-state index in [0.29, 0.717) is 6.42 Å². The number of aliphatic hydroxyl groups is 1. The minimum atomic E-state index is -0.162. The normalized spacial score (nSPS) is 17.6. The van der Waals surface area contributed by atoms with Crippen LogP contribution in [0.15, 0.2) is 22.7 Å². The largest absolute Gasteiger partial charge is 0.396 e. The van der Waals surface area contributed by atoms with E-state index in [1.54, 1.807) is 6.07 Å². The second kappa shape index (κ2) is 8.95. The summed E-state index contributed by atoms with van der Waals surface area (Å²) < 4.78 is 15.0. The summed E-state index contributed by atoms with van der Waals surface area (Å²) in [4.78, 5) is 2.30. The third kappa shape index (κ3) is 4.67. The molecule has 114 valence electrons. The van der Waals surface area contributed by atoms with Crippen LogP contribution >= 0.6 is 28.3 Å². The standard InChI is InChI=1S/C14H20BrFN2O.ClH/c15-11-3-4-13(16)12(10-11)14(2-1-9-19)18-7-5-17-6-8-18;/h3-4,10,14,17,19H,1-2,5-9H2;1H/t14-;/m0./s1. The van der Waals surface area contributed by atoms with Gasteiger partial charge in [-0.2, -0.15) is 0 Å². The maximum atomic E-state index is 14.1. The molecule has 2 N–H and O–H groups in total. The summed E-state index contributed by atoms with van der Waals surface area (Å²) in [6.45, 7) is 3.86. The van der Waals surface area contributed by atoms with Gasteiger partial charge in [0.05, 0.1) is 0 Å². The van der Waals surface area contributed by atoms with Crippen LogP contribution in [-0.2, 0) is 0 Å². The number of benzene rings is 1. The highest BCUT2D eigenvalue weighted by Gasteiger charge is 2.24. The first kappa shape index (κ1) is 17.9. The van der Waals surface area contributed by atoms with Gasteiger partial charge in [-0.25, -0.2) is 4.39 Å². The molecule has 3 nitrogen and oxygen atoms in total. The number of nitrogens with zero attached hydrogens (tertiary/aromatic N) is 1. The molecule has 0 spiro atoms. The summed E-state index contributed by atoms with van der Waals surface area (Å²) in [6, 6.07) is 5.14. The first-order chi connectivity index (χ1) is 9.22. The number of rotatable bonds is 5. The van der Waals surface area contributed by atoms with E-state index in [2.05, 4.69) is 26.1 Å². The lowest BCUT2D eigenvalue weighted by Gasteiger charge is -2.35. The van der Waals surface area contributed by atoms with Gasteiger partial charge in [0.1, 0.15) is 5.82 Å². The first-order valence-electron chi connectivity index (χ1n) is 6.73. The van der Waals surface area contributed by atoms with E-state index in [-0.39, 0.29) is 30.9 Å². The molecule has 0 aromatic heterocycles. The molecule has 1 aromatic carbocycles. The van der Waals surface area contributed by atoms with Crippen molar-refractivity contribution < 1.29 is 9.50 Å². The molecule has 0 unspecified atom stereocenters. The Morgan fingerprint density at radius 1 is 1.35 bits per heavy atom. The van der Waals surface area contributed by atoms with Gasteiger partial charge in [-0.15, -0.1) is 12.4 Å². The summed E-state index contributed by atoms with van der Waals surface area (Å²) in [7, 11) is 0. The first-order valence-corrected chi connectivity index (χ1v) is 7.52. The zero-order valence-corrected chi connectivity index (χ0v) is 13.7. The van der Waals surface area contributed by atoms with Crippen LogP contribution in [-0.4, -0.2) is 42.8 Å². The SMILES string of the molecule is Cl.OCCC[C@@H](c1cc(Br)ccc1F)N1CCNCC1. The summed E-state index contributed by atoms with van der Waals surface area (Å²) in [6.07, 6.45) is 1.48. The van der Waals surface area contributed by atoms with E-state index in [0.717, 1.165) is 42.6 Å². The predicted molar refractivity (Wildman–Crippen MR) is 84.9 cm³/mol. The number of piperazine rings is 1. The lowest BCUT2D eigenvalue weighted by Crippen LogP contribution is -2.45. The number of halogens is 3. The summed E-state index contributed by atoms with van der Waals surface area (Å²) in [5.41, 5.74) is 0.727. The molecule has 1 atom stereocenters. The molecule has 1 aliphatic rings. The summed E-state index contributed by atoms with van der Waals surface area (Å²) in [5, 5.41) is 12.4. The van der Waals surface area contributed by atoms with E-state index in [1.165, 1.54) is 6.07 Å². The van der Waals surface area contributed by atoms with Crippen LogP contribution in [0.5, 0.6) is 0 Å². The maximum Gasteiger partial charge on any atom is 0.128 e. The lowest BCUT2D eigenvalue weighted by atomic mass is 9.99. The fourth-order valence-corrected chi connectivity index (χ4v) is 2.96. The van der Waals surface area contributed by atoms with Crippen molar-refractivity contribution in [1.82, 2.24) is 10.2 Å². The van der Waals surface area contributed by atoms with Crippen molar-refractivity contribution in [2.24, 2.45) is 0 Å². The van der Waals surface area contributed by atoms with Crippen molar-refractivity contribution >= 4 is 28.3 Å². The molecule has 20 heavy (non-hydrogen) atoms. The third-order valence-electron chi connectivity index (χ3n) is 3.55. The molecule has 0 radical (unpaired) electrons. The van der Waals surface area contributed by atoms with Crippen LogP contribution in [0.1, 0.15) is 24.4 Å². The molecule has 0 saturated carbocycles. The smallest absolute Gasteiger partial charge is 0.128 e. The van der Waals surface area contributed by atoms with Gasteiger partial charge in [0, 0.05) is 48.9 Å². The molecule has 0 aliphatic carbocycles. The molecule has 1 aliphatic heterocycles. The van der Waals surface area contributed by atoms with Crippen molar-refractivity contribution in [3.05, 3.63) is 34.1 Å². The quantitative estimate of drug-likeness (QED) is 0.840. The maximum absolute atomic E-state index is 14.1. The van der Waals surface area contributed by atoms with Gasteiger partial charge in [0.15, 0.2) is 0 Å². The highest BCUT2D eigenvalue weighted by atomic mass is 79.9. The van der Waals surface area contributed by atoms with Crippen molar-refractivity contribution in [3.8, 4) is 0 Å². The van der Waals surface area contributed by atoms with E-state index in [1.807, 2.05) is 6.07 Å². The number of aliphatic hydroxyl groups excluding tert-OH is 1. The minimum Gasteiger partial charge on any atom is -0.396 e. The van der Waals surface area contributed by atoms with Crippen molar-refractivity contribution in [2.45, 2.75) is 18.9 Å². The molecule has 6 heteroatoms. The van der Waals surface area contributed by atoms with E-state index >= 15 is 0 Å². The number of hydrogen-bond donors (Lipinski definition) is 2. The molecule has 1 saturated heterocycles. The van der Waals surface area contributed by atoms with Crippen molar-refractivity contribution in [2.75, 3.05) is 32.8 Å². The number of hydrogen-bond acceptors (Lipinski definition) is 3.